The van der Waals surface area contributed by atoms with Crippen molar-refractivity contribution in [3.63, 3.8) is 0 Å². The molecule has 11 heteroatoms. The molecule has 4 rings (SSSR count). The lowest BCUT2D eigenvalue weighted by atomic mass is 10.0. The topological polar surface area (TPSA) is 85.5 Å². The van der Waals surface area contributed by atoms with E-state index in [1.807, 2.05) is 13.8 Å². The van der Waals surface area contributed by atoms with Gasteiger partial charge in [0.25, 0.3) is 0 Å². The third-order valence-electron chi connectivity index (χ3n) is 4.67. The maximum absolute atomic E-state index is 13.3. The Morgan fingerprint density at radius 1 is 1.28 bits per heavy atom. The Bertz CT molecular complexity index is 1100. The Hall–Kier alpha value is -3.11. The van der Waals surface area contributed by atoms with E-state index >= 15 is 0 Å². The van der Waals surface area contributed by atoms with E-state index in [0.717, 1.165) is 17.5 Å². The van der Waals surface area contributed by atoms with Gasteiger partial charge in [0.2, 0.25) is 5.95 Å². The molecule has 154 valence electrons. The zero-order valence-electron chi connectivity index (χ0n) is 18.7. The SMILES string of the molecule is [2H]C([2H])([2H])n1nc(C(C)(C)n2cccn2)cc1Nc1ncc(C(F)(F)F)c(NC2CC2)n1. The van der Waals surface area contributed by atoms with Crippen LogP contribution < -0.4 is 10.6 Å². The van der Waals surface area contributed by atoms with Crippen molar-refractivity contribution in [3.05, 3.63) is 42.0 Å². The van der Waals surface area contributed by atoms with Crippen LogP contribution in [-0.2, 0) is 18.7 Å². The minimum Gasteiger partial charge on any atom is -0.367 e. The lowest BCUT2D eigenvalue weighted by Crippen LogP contribution is -2.28. The molecule has 0 aliphatic heterocycles. The normalized spacial score (nSPS) is 16.8. The first-order valence-corrected chi connectivity index (χ1v) is 8.94. The molecule has 0 atom stereocenters. The number of halogens is 3. The molecule has 3 heterocycles. The predicted octanol–water partition coefficient (Wildman–Crippen LogP) is 3.53. The second kappa shape index (κ2) is 6.75. The van der Waals surface area contributed by atoms with Crippen molar-refractivity contribution in [3.8, 4) is 0 Å². The van der Waals surface area contributed by atoms with Gasteiger partial charge in [0.15, 0.2) is 0 Å². The van der Waals surface area contributed by atoms with E-state index < -0.39 is 24.3 Å². The minimum atomic E-state index is -4.63. The smallest absolute Gasteiger partial charge is 0.367 e. The summed E-state index contributed by atoms with van der Waals surface area (Å²) in [6.07, 6.45) is 0.855. The summed E-state index contributed by atoms with van der Waals surface area (Å²) in [7, 11) is 0. The van der Waals surface area contributed by atoms with Crippen LogP contribution in [0.4, 0.5) is 30.8 Å². The first-order valence-electron chi connectivity index (χ1n) is 10.4. The fraction of sp³-hybridized carbons (Fsp3) is 0.444. The van der Waals surface area contributed by atoms with E-state index in [1.165, 1.54) is 6.07 Å². The van der Waals surface area contributed by atoms with Crippen LogP contribution in [0.15, 0.2) is 30.7 Å². The Morgan fingerprint density at radius 3 is 2.69 bits per heavy atom. The molecule has 1 aliphatic rings. The van der Waals surface area contributed by atoms with Crippen LogP contribution in [0.3, 0.4) is 0 Å². The van der Waals surface area contributed by atoms with Crippen molar-refractivity contribution < 1.29 is 17.3 Å². The van der Waals surface area contributed by atoms with Crippen molar-refractivity contribution in [1.82, 2.24) is 29.5 Å². The standard InChI is InChI=1S/C18H21F3N8/c1-17(2,29-8-4-7-23-29)13-9-14(28(3)27-13)25-16-22-10-12(18(19,20)21)15(26-16)24-11-5-6-11/h4,7-11H,5-6H2,1-3H3,(H2,22,24,25,26)/i3D3. The lowest BCUT2D eigenvalue weighted by Gasteiger charge is -2.22. The predicted molar refractivity (Wildman–Crippen MR) is 101 cm³/mol. The van der Waals surface area contributed by atoms with Gasteiger partial charge in [-0.05, 0) is 32.8 Å². The molecule has 0 radical (unpaired) electrons. The summed E-state index contributed by atoms with van der Waals surface area (Å²) in [4.78, 5) is 7.71. The van der Waals surface area contributed by atoms with Crippen molar-refractivity contribution >= 4 is 17.6 Å². The van der Waals surface area contributed by atoms with Gasteiger partial charge in [-0.15, -0.1) is 0 Å². The summed E-state index contributed by atoms with van der Waals surface area (Å²) in [5.41, 5.74) is -1.40. The number of hydrogen-bond donors (Lipinski definition) is 2. The molecule has 3 aromatic heterocycles. The molecule has 0 spiro atoms. The summed E-state index contributed by atoms with van der Waals surface area (Å²) in [5, 5.41) is 13.9. The van der Waals surface area contributed by atoms with E-state index in [2.05, 4.69) is 30.8 Å². The van der Waals surface area contributed by atoms with Crippen LogP contribution in [0.25, 0.3) is 0 Å². The number of nitrogens with zero attached hydrogens (tertiary/aromatic N) is 6. The van der Waals surface area contributed by atoms with Crippen molar-refractivity contribution in [1.29, 1.82) is 0 Å². The zero-order chi connectivity index (χ0) is 23.3. The Kier molecular flexibility index (Phi) is 3.67. The van der Waals surface area contributed by atoms with Crippen LogP contribution >= 0.6 is 0 Å². The molecular weight excluding hydrogens is 385 g/mol. The monoisotopic (exact) mass is 409 g/mol. The van der Waals surface area contributed by atoms with Crippen LogP contribution in [0, 0.1) is 0 Å². The third-order valence-corrected chi connectivity index (χ3v) is 4.67. The second-order valence-corrected chi connectivity index (χ2v) is 7.33. The molecule has 0 amide bonds. The van der Waals surface area contributed by atoms with Crippen molar-refractivity contribution in [2.75, 3.05) is 10.6 Å². The highest BCUT2D eigenvalue weighted by Gasteiger charge is 2.37. The fourth-order valence-electron chi connectivity index (χ4n) is 2.78. The lowest BCUT2D eigenvalue weighted by molar-refractivity contribution is -0.137. The summed E-state index contributed by atoms with van der Waals surface area (Å²) in [5.74, 6) is -0.526. The van der Waals surface area contributed by atoms with Crippen LogP contribution in [0.1, 0.15) is 42.1 Å². The van der Waals surface area contributed by atoms with Crippen molar-refractivity contribution in [2.45, 2.75) is 44.4 Å². The summed E-state index contributed by atoms with van der Waals surface area (Å²) in [6, 6.07) is 3.14. The molecule has 1 saturated carbocycles. The summed E-state index contributed by atoms with van der Waals surface area (Å²) < 4.78 is 65.8. The van der Waals surface area contributed by atoms with Gasteiger partial charge in [0.1, 0.15) is 22.7 Å². The average Bonchev–Trinajstić information content (AvgIpc) is 3.16. The van der Waals surface area contributed by atoms with Gasteiger partial charge in [-0.3, -0.25) is 9.36 Å². The van der Waals surface area contributed by atoms with E-state index in [-0.39, 0.29) is 23.6 Å². The van der Waals surface area contributed by atoms with Gasteiger partial charge < -0.3 is 10.6 Å². The molecular formula is C18H21F3N8. The maximum atomic E-state index is 13.3. The van der Waals surface area contributed by atoms with Gasteiger partial charge in [-0.25, -0.2) is 4.98 Å². The quantitative estimate of drug-likeness (QED) is 0.648. The Labute approximate surface area is 169 Å². The minimum absolute atomic E-state index is 0.0114. The highest BCUT2D eigenvalue weighted by atomic mass is 19.4. The van der Waals surface area contributed by atoms with Gasteiger partial charge in [-0.2, -0.15) is 28.4 Å². The van der Waals surface area contributed by atoms with E-state index in [9.17, 15) is 13.2 Å². The third kappa shape index (κ3) is 3.89. The van der Waals surface area contributed by atoms with Gasteiger partial charge in [0, 0.05) is 41.8 Å². The summed E-state index contributed by atoms with van der Waals surface area (Å²) >= 11 is 0. The molecule has 1 aliphatic carbocycles. The molecule has 0 aromatic carbocycles. The molecule has 29 heavy (non-hydrogen) atoms. The first kappa shape index (κ1) is 15.8. The highest BCUT2D eigenvalue weighted by molar-refractivity contribution is 5.55. The second-order valence-electron chi connectivity index (χ2n) is 7.33. The largest absolute Gasteiger partial charge is 0.421 e. The molecule has 2 N–H and O–H groups in total. The number of alkyl halides is 3. The Morgan fingerprint density at radius 2 is 2.07 bits per heavy atom. The molecule has 0 bridgehead atoms. The van der Waals surface area contributed by atoms with Gasteiger partial charge >= 0.3 is 6.18 Å². The highest BCUT2D eigenvalue weighted by Crippen LogP contribution is 2.36. The van der Waals surface area contributed by atoms with E-state index in [4.69, 9.17) is 4.11 Å². The molecule has 8 nitrogen and oxygen atoms in total. The molecule has 0 unspecified atom stereocenters. The van der Waals surface area contributed by atoms with Crippen LogP contribution in [0.5, 0.6) is 0 Å². The number of anilines is 3. The van der Waals surface area contributed by atoms with Crippen LogP contribution in [-0.4, -0.2) is 35.6 Å². The molecule has 3 aromatic rings. The van der Waals surface area contributed by atoms with Crippen molar-refractivity contribution in [2.24, 2.45) is 6.98 Å². The number of aryl methyl sites for hydroxylation is 1. The number of aromatic nitrogens is 6. The summed E-state index contributed by atoms with van der Waals surface area (Å²) in [6.45, 7) is 0.965. The molecule has 0 saturated heterocycles. The van der Waals surface area contributed by atoms with Gasteiger partial charge in [0.05, 0.1) is 5.69 Å². The zero-order valence-corrected chi connectivity index (χ0v) is 15.7. The number of rotatable bonds is 6. The Balaban J connectivity index is 1.71. The number of hydrogen-bond acceptors (Lipinski definition) is 6. The van der Waals surface area contributed by atoms with E-state index in [0.29, 0.717) is 11.9 Å². The van der Waals surface area contributed by atoms with E-state index in [1.54, 1.807) is 23.1 Å². The maximum Gasteiger partial charge on any atom is 0.421 e. The average molecular weight is 409 g/mol. The number of nitrogens with one attached hydrogen (secondary N) is 2. The molecule has 1 fully saturated rings. The van der Waals surface area contributed by atoms with Gasteiger partial charge in [-0.1, -0.05) is 0 Å². The van der Waals surface area contributed by atoms with Crippen LogP contribution in [0.2, 0.25) is 0 Å². The first-order chi connectivity index (χ1) is 14.9. The fourth-order valence-corrected chi connectivity index (χ4v) is 2.78.